The summed E-state index contributed by atoms with van der Waals surface area (Å²) in [7, 11) is -3.30. The molecular formula is C13H21Cl2N3O3S. The number of halogens is 2. The van der Waals surface area contributed by atoms with Crippen molar-refractivity contribution in [2.24, 2.45) is 5.92 Å². The van der Waals surface area contributed by atoms with E-state index in [1.807, 2.05) is 0 Å². The Balaban J connectivity index is 0.00000220. The lowest BCUT2D eigenvalue weighted by Crippen LogP contribution is -2.30. The average Bonchev–Trinajstić information content (AvgIpc) is 2.39. The Morgan fingerprint density at radius 1 is 1.32 bits per heavy atom. The number of carbonyl (C=O) groups is 1. The van der Waals surface area contributed by atoms with Crippen LogP contribution in [0.5, 0.6) is 0 Å². The summed E-state index contributed by atoms with van der Waals surface area (Å²) in [6.07, 6.45) is 4.99. The van der Waals surface area contributed by atoms with Crippen LogP contribution in [0.15, 0.2) is 23.4 Å². The van der Waals surface area contributed by atoms with Crippen LogP contribution in [-0.4, -0.2) is 38.7 Å². The predicted molar refractivity (Wildman–Crippen MR) is 90.7 cm³/mol. The summed E-state index contributed by atoms with van der Waals surface area (Å²) >= 11 is 0. The van der Waals surface area contributed by atoms with E-state index in [0.29, 0.717) is 18.0 Å². The van der Waals surface area contributed by atoms with E-state index >= 15 is 0 Å². The first-order valence-corrected chi connectivity index (χ1v) is 8.51. The van der Waals surface area contributed by atoms with Crippen LogP contribution in [0.3, 0.4) is 0 Å². The van der Waals surface area contributed by atoms with E-state index in [1.165, 1.54) is 12.3 Å². The minimum Gasteiger partial charge on any atom is -0.325 e. The second-order valence-corrected chi connectivity index (χ2v) is 7.07. The monoisotopic (exact) mass is 369 g/mol. The highest BCUT2D eigenvalue weighted by atomic mass is 35.5. The van der Waals surface area contributed by atoms with Crippen LogP contribution in [-0.2, 0) is 14.6 Å². The normalized spacial score (nSPS) is 15.3. The van der Waals surface area contributed by atoms with Gasteiger partial charge in [0.1, 0.15) is 0 Å². The number of pyridine rings is 1. The Labute approximate surface area is 143 Å². The van der Waals surface area contributed by atoms with Crippen molar-refractivity contribution in [1.82, 2.24) is 10.3 Å². The van der Waals surface area contributed by atoms with Crippen LogP contribution in [0.2, 0.25) is 0 Å². The fraction of sp³-hybridized carbons (Fsp3) is 0.538. The Bertz CT molecular complexity index is 573. The molecular weight excluding hydrogens is 349 g/mol. The SMILES string of the molecule is CS(=O)(=O)c1ccc(NC(=O)CC2CCNCC2)cn1.Cl.Cl. The molecule has 2 N–H and O–H groups in total. The molecule has 1 aromatic heterocycles. The van der Waals surface area contributed by atoms with Crippen molar-refractivity contribution in [3.63, 3.8) is 0 Å². The molecule has 1 fully saturated rings. The molecule has 0 unspecified atom stereocenters. The highest BCUT2D eigenvalue weighted by molar-refractivity contribution is 7.90. The van der Waals surface area contributed by atoms with E-state index in [-0.39, 0.29) is 35.7 Å². The molecule has 0 atom stereocenters. The number of rotatable bonds is 4. The Morgan fingerprint density at radius 2 is 1.95 bits per heavy atom. The minimum absolute atomic E-state index is 0. The van der Waals surface area contributed by atoms with Gasteiger partial charge in [0.25, 0.3) is 0 Å². The molecule has 0 bridgehead atoms. The fourth-order valence-corrected chi connectivity index (χ4v) is 2.79. The third kappa shape index (κ3) is 6.48. The van der Waals surface area contributed by atoms with Gasteiger partial charge in [-0.2, -0.15) is 0 Å². The van der Waals surface area contributed by atoms with Gasteiger partial charge in [0, 0.05) is 12.7 Å². The molecule has 1 amide bonds. The molecule has 0 radical (unpaired) electrons. The quantitative estimate of drug-likeness (QED) is 0.842. The maximum absolute atomic E-state index is 11.9. The smallest absolute Gasteiger partial charge is 0.224 e. The van der Waals surface area contributed by atoms with E-state index in [2.05, 4.69) is 15.6 Å². The number of nitrogens with zero attached hydrogens (tertiary/aromatic N) is 1. The third-order valence-corrected chi connectivity index (χ3v) is 4.33. The second-order valence-electron chi connectivity index (χ2n) is 5.10. The molecule has 22 heavy (non-hydrogen) atoms. The molecule has 0 spiro atoms. The molecule has 0 aromatic carbocycles. The number of anilines is 1. The van der Waals surface area contributed by atoms with Crippen molar-refractivity contribution in [1.29, 1.82) is 0 Å². The zero-order valence-electron chi connectivity index (χ0n) is 12.2. The van der Waals surface area contributed by atoms with Gasteiger partial charge in [-0.1, -0.05) is 0 Å². The molecule has 1 aliphatic rings. The molecule has 2 rings (SSSR count). The van der Waals surface area contributed by atoms with Crippen molar-refractivity contribution in [3.05, 3.63) is 18.3 Å². The van der Waals surface area contributed by atoms with Crippen LogP contribution in [0.1, 0.15) is 19.3 Å². The number of hydrogen-bond donors (Lipinski definition) is 2. The van der Waals surface area contributed by atoms with Gasteiger partial charge >= 0.3 is 0 Å². The highest BCUT2D eigenvalue weighted by Gasteiger charge is 2.17. The maximum Gasteiger partial charge on any atom is 0.224 e. The van der Waals surface area contributed by atoms with Gasteiger partial charge in [0.05, 0.1) is 11.9 Å². The van der Waals surface area contributed by atoms with Crippen molar-refractivity contribution in [2.45, 2.75) is 24.3 Å². The first kappa shape index (κ1) is 21.1. The number of hydrogen-bond acceptors (Lipinski definition) is 5. The number of sulfone groups is 1. The topological polar surface area (TPSA) is 88.2 Å². The molecule has 0 saturated carbocycles. The molecule has 9 heteroatoms. The largest absolute Gasteiger partial charge is 0.325 e. The van der Waals surface area contributed by atoms with Crippen molar-refractivity contribution < 1.29 is 13.2 Å². The van der Waals surface area contributed by atoms with Gasteiger partial charge in [-0.3, -0.25) is 4.79 Å². The zero-order valence-corrected chi connectivity index (χ0v) is 14.7. The summed E-state index contributed by atoms with van der Waals surface area (Å²) in [5.41, 5.74) is 0.524. The lowest BCUT2D eigenvalue weighted by molar-refractivity contribution is -0.117. The number of piperidine rings is 1. The van der Waals surface area contributed by atoms with E-state index in [0.717, 1.165) is 32.2 Å². The van der Waals surface area contributed by atoms with Gasteiger partial charge < -0.3 is 10.6 Å². The van der Waals surface area contributed by atoms with Gasteiger partial charge in [0.2, 0.25) is 5.91 Å². The number of nitrogens with one attached hydrogen (secondary N) is 2. The summed E-state index contributed by atoms with van der Waals surface area (Å²) in [6, 6.07) is 2.96. The van der Waals surface area contributed by atoms with Crippen LogP contribution in [0.25, 0.3) is 0 Å². The predicted octanol–water partition coefficient (Wildman–Crippen LogP) is 1.66. The fourth-order valence-electron chi connectivity index (χ4n) is 2.23. The van der Waals surface area contributed by atoms with Gasteiger partial charge in [-0.25, -0.2) is 13.4 Å². The highest BCUT2D eigenvalue weighted by Crippen LogP contribution is 2.17. The lowest BCUT2D eigenvalue weighted by Gasteiger charge is -2.21. The molecule has 2 heterocycles. The molecule has 1 aromatic rings. The second kappa shape index (κ2) is 9.29. The van der Waals surface area contributed by atoms with Gasteiger partial charge in [0.15, 0.2) is 14.9 Å². The number of carbonyl (C=O) groups excluding carboxylic acids is 1. The van der Waals surface area contributed by atoms with Crippen LogP contribution >= 0.6 is 24.8 Å². The molecule has 6 nitrogen and oxygen atoms in total. The Hall–Kier alpha value is -0.890. The van der Waals surface area contributed by atoms with Crippen LogP contribution in [0, 0.1) is 5.92 Å². The zero-order chi connectivity index (χ0) is 14.6. The minimum atomic E-state index is -3.30. The number of amides is 1. The van der Waals surface area contributed by atoms with E-state index in [9.17, 15) is 13.2 Å². The van der Waals surface area contributed by atoms with Crippen molar-refractivity contribution >= 4 is 46.2 Å². The van der Waals surface area contributed by atoms with Crippen LogP contribution < -0.4 is 10.6 Å². The summed E-state index contributed by atoms with van der Waals surface area (Å²) in [4.78, 5) is 15.7. The van der Waals surface area contributed by atoms with Crippen molar-refractivity contribution in [3.8, 4) is 0 Å². The molecule has 1 aliphatic heterocycles. The summed E-state index contributed by atoms with van der Waals surface area (Å²) in [5.74, 6) is 0.366. The standard InChI is InChI=1S/C13H19N3O3S.2ClH/c1-20(18,19)13-3-2-11(9-15-13)16-12(17)8-10-4-6-14-7-5-10;;/h2-3,9-10,14H,4-8H2,1H3,(H,16,17);2*1H. The third-order valence-electron chi connectivity index (χ3n) is 3.33. The van der Waals surface area contributed by atoms with E-state index in [1.54, 1.807) is 6.07 Å². The van der Waals surface area contributed by atoms with Gasteiger partial charge in [-0.15, -0.1) is 24.8 Å². The van der Waals surface area contributed by atoms with Crippen LogP contribution in [0.4, 0.5) is 5.69 Å². The summed E-state index contributed by atoms with van der Waals surface area (Å²) in [6.45, 7) is 1.92. The van der Waals surface area contributed by atoms with E-state index in [4.69, 9.17) is 0 Å². The molecule has 126 valence electrons. The first-order valence-electron chi connectivity index (χ1n) is 6.62. The van der Waals surface area contributed by atoms with Gasteiger partial charge in [-0.05, 0) is 44.0 Å². The first-order chi connectivity index (χ1) is 9.45. The maximum atomic E-state index is 11.9. The number of aromatic nitrogens is 1. The average molecular weight is 370 g/mol. The summed E-state index contributed by atoms with van der Waals surface area (Å²) < 4.78 is 22.5. The lowest BCUT2D eigenvalue weighted by atomic mass is 9.94. The Morgan fingerprint density at radius 3 is 2.45 bits per heavy atom. The Kier molecular flexibility index (Phi) is 8.92. The molecule has 1 saturated heterocycles. The van der Waals surface area contributed by atoms with Crippen molar-refractivity contribution in [2.75, 3.05) is 24.7 Å². The molecule has 0 aliphatic carbocycles. The summed E-state index contributed by atoms with van der Waals surface area (Å²) in [5, 5.41) is 6.02. The van der Waals surface area contributed by atoms with E-state index < -0.39 is 9.84 Å².